The molecule has 2 N–H and O–H groups in total. The zero-order valence-corrected chi connectivity index (χ0v) is 15.8. The molecule has 0 spiro atoms. The van der Waals surface area contributed by atoms with Gasteiger partial charge in [-0.25, -0.2) is 4.79 Å². The molecule has 0 aromatic heterocycles. The van der Waals surface area contributed by atoms with Crippen LogP contribution >= 0.6 is 0 Å². The summed E-state index contributed by atoms with van der Waals surface area (Å²) in [5, 5.41) is 42.8. The van der Waals surface area contributed by atoms with Gasteiger partial charge in [-0.05, 0) is 33.2 Å². The first-order valence-electron chi connectivity index (χ1n) is 8.24. The second kappa shape index (κ2) is 9.08. The number of phenols is 1. The van der Waals surface area contributed by atoms with Crippen molar-refractivity contribution in [3.8, 4) is 11.5 Å². The molecule has 6 nitrogen and oxygen atoms in total. The summed E-state index contributed by atoms with van der Waals surface area (Å²) in [7, 11) is 0. The van der Waals surface area contributed by atoms with Gasteiger partial charge in [-0.15, -0.1) is 0 Å². The van der Waals surface area contributed by atoms with E-state index in [9.17, 15) is 24.9 Å². The Morgan fingerprint density at radius 1 is 0.724 bits per heavy atom. The number of aromatic hydroxyl groups is 1. The van der Waals surface area contributed by atoms with Crippen LogP contribution in [-0.2, 0) is 16.5 Å². The van der Waals surface area contributed by atoms with Crippen molar-refractivity contribution >= 4 is 33.5 Å². The Kier molecular flexibility index (Phi) is 6.81. The standard InChI is InChI=1S/2C11H8O3.Ni/c2*12-9-6-5-7-3-1-2-4-8(7)10(9)11(13)14;/h2*1-6,12H,(H,13,14);/q;;+2/p-2. The van der Waals surface area contributed by atoms with Crippen LogP contribution in [0.3, 0.4) is 0 Å². The fourth-order valence-electron chi connectivity index (χ4n) is 2.95. The molecule has 0 atom stereocenters. The van der Waals surface area contributed by atoms with E-state index in [2.05, 4.69) is 0 Å². The van der Waals surface area contributed by atoms with E-state index in [1.54, 1.807) is 54.6 Å². The third kappa shape index (κ3) is 4.47. The summed E-state index contributed by atoms with van der Waals surface area (Å²) in [6.45, 7) is 0. The molecule has 0 aliphatic rings. The van der Waals surface area contributed by atoms with Crippen LogP contribution in [0.4, 0.5) is 0 Å². The molecule has 148 valence electrons. The van der Waals surface area contributed by atoms with Crippen LogP contribution in [0.2, 0.25) is 0 Å². The number of aromatic carboxylic acids is 2. The molecule has 0 fully saturated rings. The number of carbonyl (C=O) groups excluding carboxylic acids is 1. The molecule has 0 aliphatic carbocycles. The van der Waals surface area contributed by atoms with Crippen LogP contribution in [-0.4, -0.2) is 22.2 Å². The Morgan fingerprint density at radius 3 is 1.72 bits per heavy atom. The largest absolute Gasteiger partial charge is 2.00 e. The van der Waals surface area contributed by atoms with E-state index in [0.29, 0.717) is 10.8 Å². The molecule has 0 radical (unpaired) electrons. The molecule has 4 rings (SSSR count). The molecular weight excluding hydrogens is 419 g/mol. The topological polar surface area (TPSA) is 121 Å². The molecule has 0 heterocycles. The quantitative estimate of drug-likeness (QED) is 0.469. The minimum Gasteiger partial charge on any atom is -0.872 e. The average Bonchev–Trinajstić information content (AvgIpc) is 2.67. The summed E-state index contributed by atoms with van der Waals surface area (Å²) in [5.74, 6) is -3.24. The number of carboxylic acid groups (broad SMARTS) is 2. The van der Waals surface area contributed by atoms with Crippen molar-refractivity contribution in [2.75, 3.05) is 0 Å². The molecular formula is C22H14NiO6. The number of carboxylic acids is 2. The zero-order valence-electron chi connectivity index (χ0n) is 14.8. The van der Waals surface area contributed by atoms with E-state index in [4.69, 9.17) is 5.11 Å². The fourth-order valence-corrected chi connectivity index (χ4v) is 2.95. The van der Waals surface area contributed by atoms with Crippen molar-refractivity contribution in [3.05, 3.63) is 83.9 Å². The number of benzene rings is 4. The van der Waals surface area contributed by atoms with Crippen molar-refractivity contribution in [3.63, 3.8) is 0 Å². The third-order valence-corrected chi connectivity index (χ3v) is 4.22. The first-order valence-corrected chi connectivity index (χ1v) is 8.24. The van der Waals surface area contributed by atoms with Crippen LogP contribution in [0.25, 0.3) is 21.5 Å². The summed E-state index contributed by atoms with van der Waals surface area (Å²) in [6, 6.07) is 19.8. The minimum atomic E-state index is -1.42. The first kappa shape index (κ1) is 21.7. The number of fused-ring (bicyclic) bond motifs is 2. The van der Waals surface area contributed by atoms with Gasteiger partial charge in [0.05, 0.1) is 5.97 Å². The summed E-state index contributed by atoms with van der Waals surface area (Å²) in [4.78, 5) is 21.6. The molecule has 0 amide bonds. The van der Waals surface area contributed by atoms with E-state index in [-0.39, 0.29) is 33.4 Å². The zero-order chi connectivity index (χ0) is 20.3. The first-order chi connectivity index (χ1) is 13.4. The Bertz CT molecular complexity index is 1110. The average molecular weight is 433 g/mol. The van der Waals surface area contributed by atoms with Gasteiger partial charge in [-0.2, -0.15) is 0 Å². The van der Waals surface area contributed by atoms with E-state index in [1.165, 1.54) is 12.1 Å². The van der Waals surface area contributed by atoms with Crippen LogP contribution in [0.15, 0.2) is 72.8 Å². The number of hydrogen-bond donors (Lipinski definition) is 2. The fraction of sp³-hybridized carbons (Fsp3) is 0. The van der Waals surface area contributed by atoms with Crippen LogP contribution < -0.4 is 10.2 Å². The van der Waals surface area contributed by atoms with Gasteiger partial charge in [0.1, 0.15) is 11.3 Å². The summed E-state index contributed by atoms with van der Waals surface area (Å²) < 4.78 is 0. The van der Waals surface area contributed by atoms with Crippen molar-refractivity contribution in [1.82, 2.24) is 0 Å². The molecule has 4 aromatic carbocycles. The molecule has 0 bridgehead atoms. The van der Waals surface area contributed by atoms with E-state index < -0.39 is 17.7 Å². The van der Waals surface area contributed by atoms with Gasteiger partial charge in [0.2, 0.25) is 0 Å². The van der Waals surface area contributed by atoms with Crippen LogP contribution in [0.1, 0.15) is 20.7 Å². The maximum Gasteiger partial charge on any atom is 2.00 e. The number of rotatable bonds is 2. The predicted molar refractivity (Wildman–Crippen MR) is 100 cm³/mol. The molecule has 4 aromatic rings. The molecule has 29 heavy (non-hydrogen) atoms. The van der Waals surface area contributed by atoms with Crippen molar-refractivity contribution in [2.45, 2.75) is 0 Å². The minimum absolute atomic E-state index is 0. The molecule has 0 unspecified atom stereocenters. The van der Waals surface area contributed by atoms with Gasteiger partial charge in [-0.3, -0.25) is 0 Å². The van der Waals surface area contributed by atoms with Gasteiger partial charge in [-0.1, -0.05) is 72.5 Å². The van der Waals surface area contributed by atoms with Crippen molar-refractivity contribution in [1.29, 1.82) is 0 Å². The molecule has 7 heteroatoms. The molecule has 0 saturated carbocycles. The summed E-state index contributed by atoms with van der Waals surface area (Å²) in [6.07, 6.45) is 0. The molecule has 0 aliphatic heterocycles. The molecule has 0 saturated heterocycles. The Labute approximate surface area is 175 Å². The van der Waals surface area contributed by atoms with Crippen LogP contribution in [0, 0.1) is 0 Å². The SMILES string of the molecule is O=C(O)c1c(O)ccc2ccccc12.O=C([O-])c1c([O-])ccc2ccccc12.[Ni+2]. The monoisotopic (exact) mass is 432 g/mol. The van der Waals surface area contributed by atoms with Crippen LogP contribution in [0.5, 0.6) is 11.5 Å². The van der Waals surface area contributed by atoms with Gasteiger partial charge in [0, 0.05) is 0 Å². The second-order valence-corrected chi connectivity index (χ2v) is 5.93. The smallest absolute Gasteiger partial charge is 0.872 e. The Morgan fingerprint density at radius 2 is 1.21 bits per heavy atom. The maximum absolute atomic E-state index is 11.3. The number of carbonyl (C=O) groups is 2. The van der Waals surface area contributed by atoms with E-state index in [0.717, 1.165) is 10.8 Å². The second-order valence-electron chi connectivity index (χ2n) is 5.93. The normalized spacial score (nSPS) is 9.93. The predicted octanol–water partition coefficient (Wildman–Crippen LogP) is 2.52. The third-order valence-electron chi connectivity index (χ3n) is 4.22. The van der Waals surface area contributed by atoms with Crippen molar-refractivity contribution < 1.29 is 46.5 Å². The van der Waals surface area contributed by atoms with E-state index >= 15 is 0 Å². The van der Waals surface area contributed by atoms with Crippen molar-refractivity contribution in [2.24, 2.45) is 0 Å². The number of hydrogen-bond acceptors (Lipinski definition) is 5. The Balaban J connectivity index is 0.000000200. The van der Waals surface area contributed by atoms with Gasteiger partial charge in [0.25, 0.3) is 0 Å². The maximum atomic E-state index is 11.3. The summed E-state index contributed by atoms with van der Waals surface area (Å²) in [5.41, 5.74) is -0.300. The van der Waals surface area contributed by atoms with Gasteiger partial charge in [0.15, 0.2) is 0 Å². The Hall–Kier alpha value is -3.57. The van der Waals surface area contributed by atoms with E-state index in [1.807, 2.05) is 6.07 Å². The van der Waals surface area contributed by atoms with Gasteiger partial charge >= 0.3 is 22.5 Å². The van der Waals surface area contributed by atoms with Gasteiger partial charge < -0.3 is 25.2 Å². The summed E-state index contributed by atoms with van der Waals surface area (Å²) >= 11 is 0.